The van der Waals surface area contributed by atoms with Crippen molar-refractivity contribution in [3.63, 3.8) is 0 Å². The Bertz CT molecular complexity index is 1200. The molecule has 1 aliphatic carbocycles. The Labute approximate surface area is 216 Å². The Balaban J connectivity index is 1.31. The summed E-state index contributed by atoms with van der Waals surface area (Å²) in [6.45, 7) is 1.34. The van der Waals surface area contributed by atoms with Gasteiger partial charge >= 0.3 is 0 Å². The number of nitrogens with zero attached hydrogens (tertiary/aromatic N) is 2. The number of likely N-dealkylation sites (tertiary alicyclic amines) is 1. The molecular formula is C29H32FN3O4. The Morgan fingerprint density at radius 2 is 1.76 bits per heavy atom. The van der Waals surface area contributed by atoms with Gasteiger partial charge in [-0.2, -0.15) is 0 Å². The van der Waals surface area contributed by atoms with Crippen molar-refractivity contribution in [1.29, 1.82) is 0 Å². The largest absolute Gasteiger partial charge is 0.482 e. The molecule has 3 aliphatic rings. The summed E-state index contributed by atoms with van der Waals surface area (Å²) in [6, 6.07) is 13.4. The molecule has 2 unspecified atom stereocenters. The lowest BCUT2D eigenvalue weighted by Gasteiger charge is -2.44. The molecule has 2 atom stereocenters. The fourth-order valence-corrected chi connectivity index (χ4v) is 5.62. The van der Waals surface area contributed by atoms with E-state index in [1.54, 1.807) is 41.3 Å². The Kier molecular flexibility index (Phi) is 7.26. The average Bonchev–Trinajstić information content (AvgIpc) is 2.91. The first-order chi connectivity index (χ1) is 17.9. The van der Waals surface area contributed by atoms with E-state index < -0.39 is 0 Å². The quantitative estimate of drug-likeness (QED) is 0.625. The van der Waals surface area contributed by atoms with Crippen LogP contribution in [0.1, 0.15) is 60.0 Å². The summed E-state index contributed by atoms with van der Waals surface area (Å²) in [4.78, 5) is 41.3. The van der Waals surface area contributed by atoms with Gasteiger partial charge < -0.3 is 20.3 Å². The van der Waals surface area contributed by atoms with Gasteiger partial charge in [0.1, 0.15) is 11.9 Å². The number of benzene rings is 2. The number of rotatable bonds is 5. The highest BCUT2D eigenvalue weighted by atomic mass is 19.1. The fourth-order valence-electron chi connectivity index (χ4n) is 5.62. The predicted octanol–water partition coefficient (Wildman–Crippen LogP) is 3.87. The van der Waals surface area contributed by atoms with E-state index in [0.717, 1.165) is 36.8 Å². The second-order valence-electron chi connectivity index (χ2n) is 10.2. The number of morpholine rings is 1. The smallest absolute Gasteiger partial charge is 0.289 e. The first-order valence-electron chi connectivity index (χ1n) is 13.0. The van der Waals surface area contributed by atoms with Crippen molar-refractivity contribution in [1.82, 2.24) is 9.80 Å². The lowest BCUT2D eigenvalue weighted by molar-refractivity contribution is -0.149. The minimum Gasteiger partial charge on any atom is -0.482 e. The molecule has 2 aliphatic heterocycles. The molecule has 3 fully saturated rings. The molecule has 2 N–H and O–H groups in total. The molecular weight excluding hydrogens is 473 g/mol. The first-order valence-corrected chi connectivity index (χ1v) is 13.0. The highest BCUT2D eigenvalue weighted by Crippen LogP contribution is 2.34. The maximum absolute atomic E-state index is 13.8. The van der Waals surface area contributed by atoms with Crippen LogP contribution >= 0.6 is 0 Å². The van der Waals surface area contributed by atoms with Crippen molar-refractivity contribution < 1.29 is 23.5 Å². The Morgan fingerprint density at radius 3 is 2.46 bits per heavy atom. The molecule has 3 amide bonds. The molecule has 2 aromatic rings. The van der Waals surface area contributed by atoms with Crippen molar-refractivity contribution in [3.05, 3.63) is 76.8 Å². The van der Waals surface area contributed by atoms with Crippen molar-refractivity contribution in [3.8, 4) is 0 Å². The van der Waals surface area contributed by atoms with Crippen LogP contribution in [0.2, 0.25) is 0 Å². The molecule has 0 radical (unpaired) electrons. The van der Waals surface area contributed by atoms with Gasteiger partial charge in [-0.1, -0.05) is 30.7 Å². The third-order valence-corrected chi connectivity index (χ3v) is 7.70. The number of carbonyl (C=O) groups excluding carboxylic acids is 3. The van der Waals surface area contributed by atoms with Gasteiger partial charge in [0.25, 0.3) is 11.8 Å². The monoisotopic (exact) mass is 505 g/mol. The zero-order chi connectivity index (χ0) is 25.9. The van der Waals surface area contributed by atoms with Crippen LogP contribution in [0.3, 0.4) is 0 Å². The van der Waals surface area contributed by atoms with Crippen LogP contribution in [0, 0.1) is 11.7 Å². The number of hydrogen-bond acceptors (Lipinski definition) is 4. The lowest BCUT2D eigenvalue weighted by atomic mass is 9.89. The summed E-state index contributed by atoms with van der Waals surface area (Å²) in [5.41, 5.74) is 7.45. The molecule has 0 spiro atoms. The van der Waals surface area contributed by atoms with E-state index in [2.05, 4.69) is 0 Å². The molecule has 7 nitrogen and oxygen atoms in total. The zero-order valence-corrected chi connectivity index (χ0v) is 20.8. The molecule has 0 aromatic heterocycles. The molecule has 2 heterocycles. The number of primary amides is 1. The molecule has 2 aromatic carbocycles. The first kappa shape index (κ1) is 25.0. The van der Waals surface area contributed by atoms with Crippen LogP contribution in [0.15, 0.2) is 54.3 Å². The molecule has 0 bridgehead atoms. The minimum atomic E-state index is -0.318. The van der Waals surface area contributed by atoms with E-state index in [1.807, 2.05) is 11.0 Å². The summed E-state index contributed by atoms with van der Waals surface area (Å²) in [7, 11) is 0. The predicted molar refractivity (Wildman–Crippen MR) is 136 cm³/mol. The van der Waals surface area contributed by atoms with E-state index in [4.69, 9.17) is 10.5 Å². The van der Waals surface area contributed by atoms with Crippen LogP contribution in [-0.2, 0) is 20.9 Å². The highest BCUT2D eigenvalue weighted by molar-refractivity contribution is 5.97. The van der Waals surface area contributed by atoms with Crippen molar-refractivity contribution in [2.24, 2.45) is 11.7 Å². The zero-order valence-electron chi connectivity index (χ0n) is 20.8. The normalized spacial score (nSPS) is 23.5. The SMILES string of the molecule is NC(=O)C1CCN(C(=O)c2ccc(/C=C3\OC4CCCCC4N(Cc4cccc(F)c4)C3=O)cc2)CC1. The molecule has 5 rings (SSSR count). The summed E-state index contributed by atoms with van der Waals surface area (Å²) in [5.74, 6) is -0.815. The standard InChI is InChI=1S/C29H32FN3O4/c30-23-5-3-4-20(16-23)18-33-24-6-1-2-7-25(24)37-26(29(33)36)17-19-8-10-22(11-9-19)28(35)32-14-12-21(13-15-32)27(31)34/h3-5,8-11,16-17,21,24-25H,1-2,6-7,12-15,18H2,(H2,31,34)/b26-17-. The average molecular weight is 506 g/mol. The molecule has 1 saturated carbocycles. The fraction of sp³-hybridized carbons (Fsp3) is 0.414. The van der Waals surface area contributed by atoms with E-state index in [1.165, 1.54) is 12.1 Å². The van der Waals surface area contributed by atoms with Crippen LogP contribution in [0.5, 0.6) is 0 Å². The summed E-state index contributed by atoms with van der Waals surface area (Å²) in [6.07, 6.45) is 6.61. The maximum atomic E-state index is 13.8. The second kappa shape index (κ2) is 10.7. The van der Waals surface area contributed by atoms with Crippen molar-refractivity contribution in [2.45, 2.75) is 57.2 Å². The second-order valence-corrected chi connectivity index (χ2v) is 10.2. The number of nitrogens with two attached hydrogens (primary N) is 1. The van der Waals surface area contributed by atoms with E-state index >= 15 is 0 Å². The third kappa shape index (κ3) is 5.53. The van der Waals surface area contributed by atoms with Gasteiger partial charge in [0.15, 0.2) is 5.76 Å². The van der Waals surface area contributed by atoms with Gasteiger partial charge in [-0.05, 0) is 73.6 Å². The topological polar surface area (TPSA) is 92.9 Å². The van der Waals surface area contributed by atoms with E-state index in [9.17, 15) is 18.8 Å². The summed E-state index contributed by atoms with van der Waals surface area (Å²) >= 11 is 0. The van der Waals surface area contributed by atoms with Gasteiger partial charge in [0.2, 0.25) is 5.91 Å². The van der Waals surface area contributed by atoms with Crippen molar-refractivity contribution in [2.75, 3.05) is 13.1 Å². The molecule has 2 saturated heterocycles. The maximum Gasteiger partial charge on any atom is 0.289 e. The number of halogens is 1. The van der Waals surface area contributed by atoms with Crippen LogP contribution in [0.25, 0.3) is 6.08 Å². The number of piperidine rings is 1. The number of amides is 3. The van der Waals surface area contributed by atoms with Gasteiger partial charge in [0.05, 0.1) is 6.04 Å². The molecule has 8 heteroatoms. The number of carbonyl (C=O) groups is 3. The lowest BCUT2D eigenvalue weighted by Crippen LogP contribution is -2.54. The van der Waals surface area contributed by atoms with E-state index in [-0.39, 0.29) is 47.4 Å². The minimum absolute atomic E-state index is 0.0274. The van der Waals surface area contributed by atoms with Gasteiger partial charge in [-0.25, -0.2) is 4.39 Å². The number of fused-ring (bicyclic) bond motifs is 1. The van der Waals surface area contributed by atoms with Gasteiger partial charge in [-0.3, -0.25) is 14.4 Å². The van der Waals surface area contributed by atoms with Crippen LogP contribution < -0.4 is 5.73 Å². The summed E-state index contributed by atoms with van der Waals surface area (Å²) in [5, 5.41) is 0. The summed E-state index contributed by atoms with van der Waals surface area (Å²) < 4.78 is 20.0. The Hall–Kier alpha value is -3.68. The molecule has 37 heavy (non-hydrogen) atoms. The van der Waals surface area contributed by atoms with Crippen molar-refractivity contribution >= 4 is 23.8 Å². The Morgan fingerprint density at radius 1 is 1.03 bits per heavy atom. The van der Waals surface area contributed by atoms with Gasteiger partial charge in [-0.15, -0.1) is 0 Å². The highest BCUT2D eigenvalue weighted by Gasteiger charge is 2.41. The van der Waals surface area contributed by atoms with Crippen LogP contribution in [-0.4, -0.2) is 52.8 Å². The third-order valence-electron chi connectivity index (χ3n) is 7.70. The van der Waals surface area contributed by atoms with Crippen LogP contribution in [0.4, 0.5) is 4.39 Å². The number of hydrogen-bond donors (Lipinski definition) is 1. The van der Waals surface area contributed by atoms with Gasteiger partial charge in [0, 0.05) is 31.1 Å². The molecule has 194 valence electrons. The number of ether oxygens (including phenoxy) is 1. The van der Waals surface area contributed by atoms with E-state index in [0.29, 0.717) is 38.0 Å².